The summed E-state index contributed by atoms with van der Waals surface area (Å²) in [4.78, 5) is 10.0. The topological polar surface area (TPSA) is 25.8 Å². The molecule has 6 aromatic rings. The molecule has 2 aromatic heterocycles. The predicted octanol–water partition coefficient (Wildman–Crippen LogP) is 7.78. The van der Waals surface area contributed by atoms with Crippen molar-refractivity contribution >= 4 is 21.7 Å². The number of pyridine rings is 2. The lowest BCUT2D eigenvalue weighted by atomic mass is 10.0. The maximum atomic E-state index is 5.01. The monoisotopic (exact) mass is 408 g/mol. The molecule has 0 atom stereocenters. The third-order valence-electron chi connectivity index (χ3n) is 5.89. The zero-order valence-electron chi connectivity index (χ0n) is 17.4. The molecule has 0 radical (unpaired) electrons. The van der Waals surface area contributed by atoms with Crippen LogP contribution in [0.25, 0.3) is 55.4 Å². The van der Waals surface area contributed by atoms with Crippen LogP contribution in [0.5, 0.6) is 0 Å². The first-order valence-corrected chi connectivity index (χ1v) is 10.8. The van der Waals surface area contributed by atoms with E-state index in [1.807, 2.05) is 18.2 Å². The van der Waals surface area contributed by atoms with Crippen molar-refractivity contribution in [3.8, 4) is 33.8 Å². The Kier molecular flexibility index (Phi) is 4.47. The van der Waals surface area contributed by atoms with Crippen molar-refractivity contribution in [2.24, 2.45) is 0 Å². The molecule has 2 heterocycles. The number of para-hydroxylation sites is 1. The lowest BCUT2D eigenvalue weighted by molar-refractivity contribution is 1.29. The number of nitrogens with zero attached hydrogens (tertiary/aromatic N) is 2. The van der Waals surface area contributed by atoms with Crippen molar-refractivity contribution in [3.63, 3.8) is 0 Å². The van der Waals surface area contributed by atoms with E-state index >= 15 is 0 Å². The first-order chi connectivity index (χ1) is 15.9. The Balaban J connectivity index is 1.46. The minimum Gasteiger partial charge on any atom is -0.246 e. The van der Waals surface area contributed by atoms with Gasteiger partial charge in [-0.25, -0.2) is 9.97 Å². The van der Waals surface area contributed by atoms with E-state index in [1.165, 1.54) is 21.9 Å². The molecule has 0 saturated carbocycles. The Morgan fingerprint density at radius 1 is 0.344 bits per heavy atom. The highest BCUT2D eigenvalue weighted by molar-refractivity contribution is 6.10. The van der Waals surface area contributed by atoms with Crippen molar-refractivity contribution in [3.05, 3.63) is 121 Å². The zero-order valence-corrected chi connectivity index (χ0v) is 17.4. The largest absolute Gasteiger partial charge is 0.246 e. The Hall–Kier alpha value is -4.30. The second kappa shape index (κ2) is 7.75. The molecule has 0 fully saturated rings. The Bertz CT molecular complexity index is 1550. The van der Waals surface area contributed by atoms with Crippen molar-refractivity contribution in [2.75, 3.05) is 0 Å². The SMILES string of the molecule is c1ccc(-c2ccc(-c3cccc(-c4nc5ccccc5c5ccccc45)n3)cc2)cc1. The molecule has 0 spiro atoms. The van der Waals surface area contributed by atoms with Gasteiger partial charge in [0, 0.05) is 16.3 Å². The van der Waals surface area contributed by atoms with Gasteiger partial charge in [-0.05, 0) is 34.7 Å². The minimum atomic E-state index is 0.886. The van der Waals surface area contributed by atoms with E-state index in [0.29, 0.717) is 0 Å². The van der Waals surface area contributed by atoms with Crippen molar-refractivity contribution < 1.29 is 0 Å². The average molecular weight is 409 g/mol. The Morgan fingerprint density at radius 3 is 1.75 bits per heavy atom. The van der Waals surface area contributed by atoms with Crippen LogP contribution in [0, 0.1) is 0 Å². The van der Waals surface area contributed by atoms with E-state index in [9.17, 15) is 0 Å². The van der Waals surface area contributed by atoms with Crippen LogP contribution in [0.15, 0.2) is 121 Å². The normalized spacial score (nSPS) is 11.1. The van der Waals surface area contributed by atoms with Crippen LogP contribution >= 0.6 is 0 Å². The number of aromatic nitrogens is 2. The zero-order chi connectivity index (χ0) is 21.3. The average Bonchev–Trinajstić information content (AvgIpc) is 2.89. The highest BCUT2D eigenvalue weighted by Crippen LogP contribution is 2.32. The van der Waals surface area contributed by atoms with Gasteiger partial charge in [-0.15, -0.1) is 0 Å². The van der Waals surface area contributed by atoms with Gasteiger partial charge >= 0.3 is 0 Å². The summed E-state index contributed by atoms with van der Waals surface area (Å²) in [6.07, 6.45) is 0. The van der Waals surface area contributed by atoms with Gasteiger partial charge in [-0.3, -0.25) is 0 Å². The van der Waals surface area contributed by atoms with Gasteiger partial charge in [-0.1, -0.05) is 103 Å². The number of rotatable bonds is 3. The van der Waals surface area contributed by atoms with Crippen molar-refractivity contribution in [2.45, 2.75) is 0 Å². The van der Waals surface area contributed by atoms with Crippen LogP contribution in [0.2, 0.25) is 0 Å². The third kappa shape index (κ3) is 3.23. The summed E-state index contributed by atoms with van der Waals surface area (Å²) >= 11 is 0. The Labute approximate surface area is 186 Å². The van der Waals surface area contributed by atoms with E-state index in [2.05, 4.69) is 103 Å². The van der Waals surface area contributed by atoms with Crippen LogP contribution < -0.4 is 0 Å². The summed E-state index contributed by atoms with van der Waals surface area (Å²) in [6.45, 7) is 0. The number of benzene rings is 4. The minimum absolute atomic E-state index is 0.886. The highest BCUT2D eigenvalue weighted by atomic mass is 14.8. The number of fused-ring (bicyclic) bond motifs is 3. The predicted molar refractivity (Wildman–Crippen MR) is 133 cm³/mol. The number of hydrogen-bond acceptors (Lipinski definition) is 2. The van der Waals surface area contributed by atoms with Gasteiger partial charge in [0.05, 0.1) is 22.6 Å². The first-order valence-electron chi connectivity index (χ1n) is 10.8. The van der Waals surface area contributed by atoms with Crippen LogP contribution in [0.3, 0.4) is 0 Å². The standard InChI is InChI=1S/C30H20N2/c1-2-9-21(10-3-1)22-17-19-23(20-18-22)27-15-8-16-29(31-27)30-26-13-5-4-11-24(26)25-12-6-7-14-28(25)32-30/h1-20H. The van der Waals surface area contributed by atoms with Crippen LogP contribution in [0.4, 0.5) is 0 Å². The molecule has 0 aliphatic heterocycles. The molecule has 0 N–H and O–H groups in total. The van der Waals surface area contributed by atoms with Gasteiger partial charge in [0.25, 0.3) is 0 Å². The molecule has 2 nitrogen and oxygen atoms in total. The highest BCUT2D eigenvalue weighted by Gasteiger charge is 2.12. The molecule has 32 heavy (non-hydrogen) atoms. The quantitative estimate of drug-likeness (QED) is 0.279. The van der Waals surface area contributed by atoms with Crippen LogP contribution in [0.1, 0.15) is 0 Å². The fourth-order valence-electron chi connectivity index (χ4n) is 4.29. The lowest BCUT2D eigenvalue weighted by Crippen LogP contribution is -1.93. The molecule has 0 aliphatic rings. The lowest BCUT2D eigenvalue weighted by Gasteiger charge is -2.11. The molecule has 2 heteroatoms. The smallest absolute Gasteiger partial charge is 0.0972 e. The van der Waals surface area contributed by atoms with Gasteiger partial charge in [0.2, 0.25) is 0 Å². The summed E-state index contributed by atoms with van der Waals surface area (Å²) in [5.74, 6) is 0. The fraction of sp³-hybridized carbons (Fsp3) is 0. The molecule has 6 rings (SSSR count). The second-order valence-electron chi connectivity index (χ2n) is 7.87. The summed E-state index contributed by atoms with van der Waals surface area (Å²) in [5, 5.41) is 3.49. The third-order valence-corrected chi connectivity index (χ3v) is 5.89. The van der Waals surface area contributed by atoms with Crippen molar-refractivity contribution in [1.82, 2.24) is 9.97 Å². The van der Waals surface area contributed by atoms with E-state index in [1.54, 1.807) is 0 Å². The van der Waals surface area contributed by atoms with Gasteiger partial charge in [-0.2, -0.15) is 0 Å². The molecule has 0 unspecified atom stereocenters. The molecular weight excluding hydrogens is 388 g/mol. The molecule has 150 valence electrons. The molecule has 0 amide bonds. The summed E-state index contributed by atoms with van der Waals surface area (Å²) < 4.78 is 0. The maximum Gasteiger partial charge on any atom is 0.0972 e. The fourth-order valence-corrected chi connectivity index (χ4v) is 4.29. The van der Waals surface area contributed by atoms with Crippen LogP contribution in [-0.4, -0.2) is 9.97 Å². The van der Waals surface area contributed by atoms with E-state index in [4.69, 9.17) is 9.97 Å². The molecule has 0 aliphatic carbocycles. The Morgan fingerprint density at radius 2 is 0.938 bits per heavy atom. The molecule has 0 bridgehead atoms. The van der Waals surface area contributed by atoms with Crippen LogP contribution in [-0.2, 0) is 0 Å². The van der Waals surface area contributed by atoms with Gasteiger partial charge in [0.15, 0.2) is 0 Å². The molecule has 4 aromatic carbocycles. The second-order valence-corrected chi connectivity index (χ2v) is 7.87. The summed E-state index contributed by atoms with van der Waals surface area (Å²) in [5.41, 5.74) is 7.25. The van der Waals surface area contributed by atoms with E-state index in [-0.39, 0.29) is 0 Å². The van der Waals surface area contributed by atoms with Gasteiger partial charge < -0.3 is 0 Å². The first kappa shape index (κ1) is 18.5. The maximum absolute atomic E-state index is 5.01. The van der Waals surface area contributed by atoms with E-state index < -0.39 is 0 Å². The molecule has 0 saturated heterocycles. The van der Waals surface area contributed by atoms with Crippen molar-refractivity contribution in [1.29, 1.82) is 0 Å². The molecular formula is C30H20N2. The van der Waals surface area contributed by atoms with E-state index in [0.717, 1.165) is 33.5 Å². The summed E-state index contributed by atoms with van der Waals surface area (Å²) in [7, 11) is 0. The summed E-state index contributed by atoms with van der Waals surface area (Å²) in [6, 6.07) is 41.9. The van der Waals surface area contributed by atoms with Gasteiger partial charge in [0.1, 0.15) is 0 Å². The number of hydrogen-bond donors (Lipinski definition) is 0.